The molecule has 1 amide bonds. The number of nitrogens with zero attached hydrogens (tertiary/aromatic N) is 3. The minimum Gasteiger partial charge on any atom is -0.497 e. The number of hydrogen-bond donors (Lipinski definition) is 1. The average molecular weight is 437 g/mol. The minimum absolute atomic E-state index is 0.0533. The van der Waals surface area contributed by atoms with Crippen molar-refractivity contribution in [2.24, 2.45) is 11.8 Å². The second-order valence-corrected chi connectivity index (χ2v) is 9.81. The lowest BCUT2D eigenvalue weighted by molar-refractivity contribution is -0.120. The van der Waals surface area contributed by atoms with Gasteiger partial charge in [0.25, 0.3) is 0 Å². The topological polar surface area (TPSA) is 67.3 Å². The zero-order valence-electron chi connectivity index (χ0n) is 18.1. The van der Waals surface area contributed by atoms with Gasteiger partial charge in [0.2, 0.25) is 5.91 Å². The summed E-state index contributed by atoms with van der Waals surface area (Å²) in [5.74, 6) is 1.55. The zero-order valence-corrected chi connectivity index (χ0v) is 18.9. The Morgan fingerprint density at radius 1 is 1.29 bits per heavy atom. The molecule has 0 saturated carbocycles. The number of amides is 1. The van der Waals surface area contributed by atoms with Crippen molar-refractivity contribution in [3.8, 4) is 5.75 Å². The average Bonchev–Trinajstić information content (AvgIpc) is 3.19. The highest BCUT2D eigenvalue weighted by Crippen LogP contribution is 2.34. The van der Waals surface area contributed by atoms with Gasteiger partial charge in [0, 0.05) is 35.2 Å². The molecule has 1 aromatic carbocycles. The molecule has 1 N–H and O–H groups in total. The first-order valence-corrected chi connectivity index (χ1v) is 11.9. The molecule has 31 heavy (non-hydrogen) atoms. The fourth-order valence-electron chi connectivity index (χ4n) is 4.72. The molecule has 1 aliphatic heterocycles. The van der Waals surface area contributed by atoms with E-state index in [0.29, 0.717) is 12.5 Å². The maximum atomic E-state index is 13.1. The van der Waals surface area contributed by atoms with Crippen LogP contribution in [0.5, 0.6) is 5.75 Å². The van der Waals surface area contributed by atoms with E-state index in [9.17, 15) is 4.79 Å². The molecule has 3 heterocycles. The van der Waals surface area contributed by atoms with Gasteiger partial charge in [-0.1, -0.05) is 6.92 Å². The SMILES string of the molecule is COc1ccc2nccc(N3CCCC(C(=O)Nc4nc5c(s4)CC(C)CC5)C3)c2c1. The maximum absolute atomic E-state index is 13.1. The number of piperidine rings is 1. The number of hydrogen-bond acceptors (Lipinski definition) is 6. The van der Waals surface area contributed by atoms with Gasteiger partial charge in [0.15, 0.2) is 5.13 Å². The van der Waals surface area contributed by atoms with Gasteiger partial charge in [-0.15, -0.1) is 11.3 Å². The number of anilines is 2. The Hall–Kier alpha value is -2.67. The lowest BCUT2D eigenvalue weighted by atomic mass is 9.93. The fourth-order valence-corrected chi connectivity index (χ4v) is 5.90. The zero-order chi connectivity index (χ0) is 21.4. The van der Waals surface area contributed by atoms with Gasteiger partial charge in [-0.25, -0.2) is 4.98 Å². The second kappa shape index (κ2) is 8.46. The highest BCUT2D eigenvalue weighted by Gasteiger charge is 2.28. The van der Waals surface area contributed by atoms with Gasteiger partial charge < -0.3 is 15.0 Å². The third kappa shape index (κ3) is 4.11. The van der Waals surface area contributed by atoms with Crippen molar-refractivity contribution in [2.45, 2.75) is 39.0 Å². The van der Waals surface area contributed by atoms with Crippen LogP contribution in [0.3, 0.4) is 0 Å². The van der Waals surface area contributed by atoms with E-state index < -0.39 is 0 Å². The van der Waals surface area contributed by atoms with Gasteiger partial charge in [-0.05, 0) is 62.3 Å². The Balaban J connectivity index is 1.33. The molecule has 162 valence electrons. The van der Waals surface area contributed by atoms with Crippen molar-refractivity contribution in [3.05, 3.63) is 41.0 Å². The molecule has 2 aromatic heterocycles. The van der Waals surface area contributed by atoms with E-state index >= 15 is 0 Å². The van der Waals surface area contributed by atoms with Crippen molar-refractivity contribution < 1.29 is 9.53 Å². The molecule has 1 aliphatic carbocycles. The number of carbonyl (C=O) groups is 1. The van der Waals surface area contributed by atoms with Crippen LogP contribution < -0.4 is 15.0 Å². The highest BCUT2D eigenvalue weighted by atomic mass is 32.1. The molecule has 3 aromatic rings. The van der Waals surface area contributed by atoms with E-state index in [-0.39, 0.29) is 11.8 Å². The first-order valence-electron chi connectivity index (χ1n) is 11.1. The van der Waals surface area contributed by atoms with Gasteiger partial charge in [0.05, 0.1) is 24.2 Å². The third-order valence-corrected chi connectivity index (χ3v) is 7.51. The molecule has 2 unspecified atom stereocenters. The van der Waals surface area contributed by atoms with Crippen LogP contribution in [0.2, 0.25) is 0 Å². The number of nitrogens with one attached hydrogen (secondary N) is 1. The second-order valence-electron chi connectivity index (χ2n) is 8.72. The Bertz CT molecular complexity index is 1110. The quantitative estimate of drug-likeness (QED) is 0.643. The number of fused-ring (bicyclic) bond motifs is 2. The molecule has 2 atom stereocenters. The lowest BCUT2D eigenvalue weighted by Crippen LogP contribution is -2.40. The van der Waals surface area contributed by atoms with Crippen LogP contribution in [-0.4, -0.2) is 36.1 Å². The molecular formula is C24H28N4O2S. The Morgan fingerprint density at radius 2 is 2.19 bits per heavy atom. The molecule has 5 rings (SSSR count). The molecule has 0 spiro atoms. The van der Waals surface area contributed by atoms with Crippen molar-refractivity contribution in [2.75, 3.05) is 30.4 Å². The molecule has 7 heteroatoms. The van der Waals surface area contributed by atoms with E-state index in [2.05, 4.69) is 22.1 Å². The summed E-state index contributed by atoms with van der Waals surface area (Å²) in [5, 5.41) is 4.94. The largest absolute Gasteiger partial charge is 0.497 e. The number of rotatable bonds is 4. The summed E-state index contributed by atoms with van der Waals surface area (Å²) in [6, 6.07) is 7.98. The molecule has 0 radical (unpaired) electrons. The summed E-state index contributed by atoms with van der Waals surface area (Å²) < 4.78 is 5.42. The Kier molecular flexibility index (Phi) is 5.52. The van der Waals surface area contributed by atoms with E-state index in [1.165, 1.54) is 17.0 Å². The number of carbonyl (C=O) groups excluding carboxylic acids is 1. The predicted octanol–water partition coefficient (Wildman–Crippen LogP) is 4.68. The number of aromatic nitrogens is 2. The van der Waals surface area contributed by atoms with Gasteiger partial charge in [-0.3, -0.25) is 9.78 Å². The summed E-state index contributed by atoms with van der Waals surface area (Å²) in [6.45, 7) is 3.92. The van der Waals surface area contributed by atoms with Crippen molar-refractivity contribution >= 4 is 39.0 Å². The normalized spacial score (nSPS) is 21.0. The molecule has 0 bridgehead atoms. The summed E-state index contributed by atoms with van der Waals surface area (Å²) in [4.78, 5) is 25.9. The molecule has 6 nitrogen and oxygen atoms in total. The number of thiazole rings is 1. The number of pyridine rings is 1. The van der Waals surface area contributed by atoms with E-state index in [0.717, 1.165) is 59.7 Å². The first kappa shape index (κ1) is 20.2. The van der Waals surface area contributed by atoms with E-state index in [1.807, 2.05) is 30.5 Å². The molecular weight excluding hydrogens is 408 g/mol. The van der Waals surface area contributed by atoms with Crippen molar-refractivity contribution in [3.63, 3.8) is 0 Å². The number of methoxy groups -OCH3 is 1. The van der Waals surface area contributed by atoms with Crippen molar-refractivity contribution in [1.82, 2.24) is 9.97 Å². The predicted molar refractivity (Wildman–Crippen MR) is 125 cm³/mol. The fraction of sp³-hybridized carbons (Fsp3) is 0.458. The third-order valence-electron chi connectivity index (χ3n) is 6.47. The lowest BCUT2D eigenvalue weighted by Gasteiger charge is -2.34. The van der Waals surface area contributed by atoms with Crippen LogP contribution >= 0.6 is 11.3 Å². The van der Waals surface area contributed by atoms with Crippen LogP contribution in [0.4, 0.5) is 10.8 Å². The number of ether oxygens (including phenoxy) is 1. The van der Waals surface area contributed by atoms with Gasteiger partial charge in [0.1, 0.15) is 5.75 Å². The smallest absolute Gasteiger partial charge is 0.231 e. The molecule has 1 fully saturated rings. The minimum atomic E-state index is -0.0533. The van der Waals surface area contributed by atoms with E-state index in [1.54, 1.807) is 18.4 Å². The molecule has 1 saturated heterocycles. The monoisotopic (exact) mass is 436 g/mol. The maximum Gasteiger partial charge on any atom is 0.231 e. The van der Waals surface area contributed by atoms with Gasteiger partial charge in [-0.2, -0.15) is 0 Å². The summed E-state index contributed by atoms with van der Waals surface area (Å²) in [5.41, 5.74) is 3.23. The Labute approximate surface area is 186 Å². The standard InChI is InChI=1S/C24H28N4O2S/c1-15-5-7-20-22(12-15)31-24(26-20)27-23(29)16-4-3-11-28(14-16)21-9-10-25-19-8-6-17(30-2)13-18(19)21/h6,8-10,13,15-16H,3-5,7,11-12,14H2,1-2H3,(H,26,27,29). The first-order chi connectivity index (χ1) is 15.1. The van der Waals surface area contributed by atoms with Crippen LogP contribution in [0.25, 0.3) is 10.9 Å². The van der Waals surface area contributed by atoms with Crippen LogP contribution in [0.1, 0.15) is 36.8 Å². The number of benzene rings is 1. The number of aryl methyl sites for hydroxylation is 1. The van der Waals surface area contributed by atoms with Crippen molar-refractivity contribution in [1.29, 1.82) is 0 Å². The molecule has 2 aliphatic rings. The van der Waals surface area contributed by atoms with Crippen LogP contribution in [0, 0.1) is 11.8 Å². The van der Waals surface area contributed by atoms with E-state index in [4.69, 9.17) is 9.72 Å². The van der Waals surface area contributed by atoms with Crippen LogP contribution in [0.15, 0.2) is 30.5 Å². The Morgan fingerprint density at radius 3 is 3.06 bits per heavy atom. The highest BCUT2D eigenvalue weighted by molar-refractivity contribution is 7.15. The summed E-state index contributed by atoms with van der Waals surface area (Å²) in [7, 11) is 1.68. The van der Waals surface area contributed by atoms with Crippen LogP contribution in [-0.2, 0) is 17.6 Å². The summed E-state index contributed by atoms with van der Waals surface area (Å²) >= 11 is 1.66. The van der Waals surface area contributed by atoms with Gasteiger partial charge >= 0.3 is 0 Å². The summed E-state index contributed by atoms with van der Waals surface area (Å²) in [6.07, 6.45) is 7.02.